The Hall–Kier alpha value is -2.18. The first-order valence-electron chi connectivity index (χ1n) is 8.21. The van der Waals surface area contributed by atoms with E-state index in [2.05, 4.69) is 11.9 Å². The summed E-state index contributed by atoms with van der Waals surface area (Å²) in [6.07, 6.45) is 1.03. The number of nitrogens with zero attached hydrogens (tertiary/aromatic N) is 1. The van der Waals surface area contributed by atoms with Crippen molar-refractivity contribution in [3.05, 3.63) is 42.5 Å². The van der Waals surface area contributed by atoms with Gasteiger partial charge in [-0.25, -0.2) is 0 Å². The molecule has 2 amide bonds. The van der Waals surface area contributed by atoms with Gasteiger partial charge in [0.05, 0.1) is 19.3 Å². The van der Waals surface area contributed by atoms with Crippen molar-refractivity contribution >= 4 is 17.5 Å². The van der Waals surface area contributed by atoms with Crippen LogP contribution in [0, 0.1) is 5.41 Å². The molecule has 0 radical (unpaired) electrons. The molecule has 1 rings (SSSR count). The average Bonchev–Trinajstić information content (AvgIpc) is 2.59. The van der Waals surface area contributed by atoms with Crippen molar-refractivity contribution in [3.8, 4) is 0 Å². The molecule has 1 atom stereocenters. The van der Waals surface area contributed by atoms with Crippen molar-refractivity contribution < 1.29 is 19.4 Å². The molecule has 138 valence electrons. The molecule has 25 heavy (non-hydrogen) atoms. The summed E-state index contributed by atoms with van der Waals surface area (Å²) in [7, 11) is 1.64. The second-order valence-corrected chi connectivity index (χ2v) is 6.81. The number of ether oxygens (including phenoxy) is 1. The Kier molecular flexibility index (Phi) is 7.80. The van der Waals surface area contributed by atoms with E-state index in [0.29, 0.717) is 17.8 Å². The van der Waals surface area contributed by atoms with Crippen molar-refractivity contribution in [2.75, 3.05) is 31.7 Å². The summed E-state index contributed by atoms with van der Waals surface area (Å²) in [5.41, 5.74) is 1.01. The molecule has 0 heterocycles. The number of hydrogen-bond acceptors (Lipinski definition) is 4. The predicted molar refractivity (Wildman–Crippen MR) is 98.7 cm³/mol. The molecule has 6 nitrogen and oxygen atoms in total. The number of hydrogen-bond donors (Lipinski definition) is 2. The molecule has 6 heteroatoms. The molecule has 1 unspecified atom stereocenters. The maximum atomic E-state index is 12.3. The van der Waals surface area contributed by atoms with Crippen molar-refractivity contribution in [1.82, 2.24) is 5.32 Å². The molecule has 0 fully saturated rings. The van der Waals surface area contributed by atoms with E-state index in [9.17, 15) is 9.59 Å². The third-order valence-corrected chi connectivity index (χ3v) is 3.85. The van der Waals surface area contributed by atoms with Gasteiger partial charge in [0.25, 0.3) is 5.91 Å². The fraction of sp³-hybridized carbons (Fsp3) is 0.474. The van der Waals surface area contributed by atoms with Gasteiger partial charge in [0.1, 0.15) is 0 Å². The van der Waals surface area contributed by atoms with Gasteiger partial charge < -0.3 is 20.1 Å². The fourth-order valence-corrected chi connectivity index (χ4v) is 2.20. The lowest BCUT2D eigenvalue weighted by atomic mass is 9.89. The number of aliphatic hydroxyl groups is 1. The van der Waals surface area contributed by atoms with Crippen LogP contribution in [0.5, 0.6) is 0 Å². The zero-order chi connectivity index (χ0) is 19.0. The van der Waals surface area contributed by atoms with Crippen molar-refractivity contribution in [2.45, 2.75) is 26.9 Å². The first kappa shape index (κ1) is 20.9. The molecule has 0 saturated carbocycles. The van der Waals surface area contributed by atoms with E-state index in [0.717, 1.165) is 0 Å². The Labute approximate surface area is 149 Å². The van der Waals surface area contributed by atoms with Crippen LogP contribution in [0.3, 0.4) is 0 Å². The summed E-state index contributed by atoms with van der Waals surface area (Å²) in [6.45, 7) is 10.0. The third kappa shape index (κ3) is 6.32. The average molecular weight is 348 g/mol. The smallest absolute Gasteiger partial charge is 0.251 e. The number of amides is 2. The zero-order valence-electron chi connectivity index (χ0n) is 15.4. The zero-order valence-corrected chi connectivity index (χ0v) is 15.4. The normalized spacial score (nSPS) is 12.4. The highest BCUT2D eigenvalue weighted by molar-refractivity contribution is 6.01. The van der Waals surface area contributed by atoms with Crippen LogP contribution in [0.4, 0.5) is 5.69 Å². The minimum absolute atomic E-state index is 0.0566. The van der Waals surface area contributed by atoms with Crippen LogP contribution in [0.1, 0.15) is 31.1 Å². The minimum Gasteiger partial charge on any atom is -0.394 e. The van der Waals surface area contributed by atoms with Gasteiger partial charge in [-0.15, -0.1) is 0 Å². The largest absolute Gasteiger partial charge is 0.394 e. The van der Waals surface area contributed by atoms with Crippen molar-refractivity contribution in [1.29, 1.82) is 0 Å². The summed E-state index contributed by atoms with van der Waals surface area (Å²) < 4.78 is 5.61. The molecule has 0 aliphatic rings. The highest BCUT2D eigenvalue weighted by Gasteiger charge is 2.26. The van der Waals surface area contributed by atoms with Gasteiger partial charge in [-0.05, 0) is 35.8 Å². The van der Waals surface area contributed by atoms with Gasteiger partial charge in [-0.2, -0.15) is 0 Å². The Morgan fingerprint density at radius 2 is 1.92 bits per heavy atom. The molecule has 2 N–H and O–H groups in total. The quantitative estimate of drug-likeness (QED) is 0.704. The molecule has 0 aliphatic heterocycles. The van der Waals surface area contributed by atoms with Gasteiger partial charge in [0.2, 0.25) is 5.91 Å². The highest BCUT2D eigenvalue weighted by Crippen LogP contribution is 2.22. The number of carbonyl (C=O) groups is 2. The summed E-state index contributed by atoms with van der Waals surface area (Å²) >= 11 is 0. The van der Waals surface area contributed by atoms with Crippen LogP contribution >= 0.6 is 0 Å². The lowest BCUT2D eigenvalue weighted by Gasteiger charge is -2.30. The first-order chi connectivity index (χ1) is 11.7. The second kappa shape index (κ2) is 9.34. The van der Waals surface area contributed by atoms with E-state index in [1.807, 2.05) is 20.8 Å². The monoisotopic (exact) mass is 348 g/mol. The maximum Gasteiger partial charge on any atom is 0.251 e. The summed E-state index contributed by atoms with van der Waals surface area (Å²) in [6, 6.07) is 6.75. The number of likely N-dealkylation sites (N-methyl/N-ethyl adjacent to an activating group) is 1. The van der Waals surface area contributed by atoms with Crippen LogP contribution in [0.2, 0.25) is 0 Å². The van der Waals surface area contributed by atoms with Crippen molar-refractivity contribution in [2.24, 2.45) is 5.41 Å². The summed E-state index contributed by atoms with van der Waals surface area (Å²) in [5.74, 6) is -0.433. The Bertz CT molecular complexity index is 590. The second-order valence-electron chi connectivity index (χ2n) is 6.81. The van der Waals surface area contributed by atoms with E-state index < -0.39 is 0 Å². The van der Waals surface area contributed by atoms with Crippen LogP contribution in [-0.2, 0) is 9.53 Å². The number of benzene rings is 1. The predicted octanol–water partition coefficient (Wildman–Crippen LogP) is 1.99. The molecular formula is C19H28N2O4. The number of carbonyl (C=O) groups excluding carboxylic acids is 2. The van der Waals surface area contributed by atoms with Gasteiger partial charge in [-0.3, -0.25) is 9.59 Å². The van der Waals surface area contributed by atoms with Crippen molar-refractivity contribution in [3.63, 3.8) is 0 Å². The lowest BCUT2D eigenvalue weighted by molar-refractivity contribution is -0.113. The Morgan fingerprint density at radius 1 is 1.32 bits per heavy atom. The number of rotatable bonds is 8. The summed E-state index contributed by atoms with van der Waals surface area (Å²) in [4.78, 5) is 25.3. The molecule has 1 aromatic rings. The topological polar surface area (TPSA) is 78.9 Å². The number of aliphatic hydroxyl groups excluding tert-OH is 1. The van der Waals surface area contributed by atoms with Gasteiger partial charge in [-0.1, -0.05) is 27.4 Å². The molecular weight excluding hydrogens is 320 g/mol. The lowest BCUT2D eigenvalue weighted by Crippen LogP contribution is -2.41. The van der Waals surface area contributed by atoms with Crippen LogP contribution < -0.4 is 10.2 Å². The number of nitrogens with one attached hydrogen (secondary N) is 1. The van der Waals surface area contributed by atoms with E-state index in [-0.39, 0.29) is 36.5 Å². The molecule has 1 aromatic carbocycles. The van der Waals surface area contributed by atoms with Gasteiger partial charge >= 0.3 is 0 Å². The third-order valence-electron chi connectivity index (χ3n) is 3.85. The van der Waals surface area contributed by atoms with E-state index in [4.69, 9.17) is 9.84 Å². The molecule has 0 spiro atoms. The molecule has 0 aliphatic carbocycles. The van der Waals surface area contributed by atoms with Gasteiger partial charge in [0, 0.05) is 24.8 Å². The standard InChI is InChI=1S/C19H28N2O4/c1-6-17(23)21(5)15-9-7-14(8-10-15)18(24)20-13-16(19(2,3)4)25-12-11-22/h6-10,16,22H,1,11-13H2,2-5H3,(H,20,24). The minimum atomic E-state index is -0.217. The Morgan fingerprint density at radius 3 is 2.40 bits per heavy atom. The number of anilines is 1. The van der Waals surface area contributed by atoms with Crippen LogP contribution in [-0.4, -0.2) is 49.8 Å². The molecule has 0 saturated heterocycles. The van der Waals surface area contributed by atoms with Crippen LogP contribution in [0.15, 0.2) is 36.9 Å². The maximum absolute atomic E-state index is 12.3. The first-order valence-corrected chi connectivity index (χ1v) is 8.21. The highest BCUT2D eigenvalue weighted by atomic mass is 16.5. The summed E-state index contributed by atoms with van der Waals surface area (Å²) in [5, 5.41) is 11.8. The molecule has 0 bridgehead atoms. The fourth-order valence-electron chi connectivity index (χ4n) is 2.20. The van der Waals surface area contributed by atoms with E-state index >= 15 is 0 Å². The Balaban J connectivity index is 2.70. The van der Waals surface area contributed by atoms with Gasteiger partial charge in [0.15, 0.2) is 0 Å². The van der Waals surface area contributed by atoms with E-state index in [1.54, 1.807) is 31.3 Å². The van der Waals surface area contributed by atoms with E-state index in [1.165, 1.54) is 11.0 Å². The molecule has 0 aromatic heterocycles. The van der Waals surface area contributed by atoms with Crippen LogP contribution in [0.25, 0.3) is 0 Å². The SMILES string of the molecule is C=CC(=O)N(C)c1ccc(C(=O)NCC(OCCO)C(C)(C)C)cc1.